The number of rotatable bonds is 6. The predicted octanol–water partition coefficient (Wildman–Crippen LogP) is 15.6. The van der Waals surface area contributed by atoms with Crippen molar-refractivity contribution in [2.75, 3.05) is 4.90 Å². The summed E-state index contributed by atoms with van der Waals surface area (Å²) >= 11 is 1.86. The molecule has 0 aliphatic carbocycles. The molecule has 0 aliphatic rings. The summed E-state index contributed by atoms with van der Waals surface area (Å²) < 4.78 is 8.96. The van der Waals surface area contributed by atoms with Crippen LogP contribution in [0.1, 0.15) is 0 Å². The summed E-state index contributed by atoms with van der Waals surface area (Å²) in [6.45, 7) is 0. The van der Waals surface area contributed by atoms with Gasteiger partial charge in [0.1, 0.15) is 11.2 Å². The number of para-hydroxylation sites is 1. The zero-order chi connectivity index (χ0) is 36.3. The summed E-state index contributed by atoms with van der Waals surface area (Å²) in [6.07, 6.45) is 0. The van der Waals surface area contributed by atoms with Gasteiger partial charge in [0.05, 0.1) is 10.4 Å². The van der Waals surface area contributed by atoms with Gasteiger partial charge in [-0.05, 0) is 98.8 Å². The van der Waals surface area contributed by atoms with Crippen molar-refractivity contribution in [1.82, 2.24) is 0 Å². The number of hydrogen-bond acceptors (Lipinski definition) is 3. The van der Waals surface area contributed by atoms with Gasteiger partial charge in [0.25, 0.3) is 0 Å². The fraction of sp³-hybridized carbons (Fsp3) is 0. The minimum absolute atomic E-state index is 0.888. The van der Waals surface area contributed by atoms with Gasteiger partial charge < -0.3 is 9.32 Å². The molecule has 55 heavy (non-hydrogen) atoms. The first-order chi connectivity index (χ1) is 27.3. The lowest BCUT2D eigenvalue weighted by atomic mass is 9.92. The van der Waals surface area contributed by atoms with E-state index in [0.29, 0.717) is 0 Å². The molecular formula is C52H33NOS. The van der Waals surface area contributed by atoms with E-state index in [1.165, 1.54) is 47.6 Å². The van der Waals surface area contributed by atoms with Crippen LogP contribution in [0.15, 0.2) is 205 Å². The van der Waals surface area contributed by atoms with Crippen LogP contribution in [0.2, 0.25) is 0 Å². The lowest BCUT2D eigenvalue weighted by Crippen LogP contribution is -2.10. The third kappa shape index (κ3) is 5.32. The molecule has 0 N–H and O–H groups in total. The number of fused-ring (bicyclic) bond motifs is 7. The zero-order valence-corrected chi connectivity index (χ0v) is 30.6. The SMILES string of the molecule is c1ccc(-c2ccc(N(c3cc(-c4cccc5ccccc45)cc(-c4cccc5oc6ccccc6c45)c3)c3cccc4c3sc3ccccc34)cc2)cc1. The number of hydrogen-bond donors (Lipinski definition) is 0. The summed E-state index contributed by atoms with van der Waals surface area (Å²) in [7, 11) is 0. The van der Waals surface area contributed by atoms with Gasteiger partial charge in [0.15, 0.2) is 0 Å². The van der Waals surface area contributed by atoms with Crippen LogP contribution < -0.4 is 4.90 Å². The standard InChI is InChI=1S/C52H33NOS/c1-2-13-34(14-3-1)35-27-29-39(30-28-35)53(47-23-11-22-45-44-18-7-9-26-50(44)55-52(45)47)40-32-37(42-20-10-16-36-15-4-5-17-41(36)42)31-38(33-40)43-21-12-25-49-51(43)46-19-6-8-24-48(46)54-49/h1-33H. The second-order valence-electron chi connectivity index (χ2n) is 14.1. The molecule has 0 fully saturated rings. The zero-order valence-electron chi connectivity index (χ0n) is 29.8. The molecule has 9 aromatic carbocycles. The fourth-order valence-electron chi connectivity index (χ4n) is 8.31. The number of anilines is 3. The lowest BCUT2D eigenvalue weighted by molar-refractivity contribution is 0.669. The monoisotopic (exact) mass is 719 g/mol. The number of benzene rings is 9. The highest BCUT2D eigenvalue weighted by Crippen LogP contribution is 2.48. The van der Waals surface area contributed by atoms with E-state index < -0.39 is 0 Å². The highest BCUT2D eigenvalue weighted by Gasteiger charge is 2.21. The molecule has 2 heterocycles. The first-order valence-corrected chi connectivity index (χ1v) is 19.5. The van der Waals surface area contributed by atoms with E-state index in [9.17, 15) is 0 Å². The quantitative estimate of drug-likeness (QED) is 0.170. The molecule has 11 rings (SSSR count). The Hall–Kier alpha value is -6.94. The Bertz CT molecular complexity index is 3200. The Kier molecular flexibility index (Phi) is 7.39. The first-order valence-electron chi connectivity index (χ1n) is 18.7. The lowest BCUT2D eigenvalue weighted by Gasteiger charge is -2.28. The third-order valence-corrected chi connectivity index (χ3v) is 12.1. The van der Waals surface area contributed by atoms with Crippen molar-refractivity contribution in [2.24, 2.45) is 0 Å². The van der Waals surface area contributed by atoms with E-state index in [1.807, 2.05) is 17.4 Å². The van der Waals surface area contributed by atoms with Crippen LogP contribution in [0.3, 0.4) is 0 Å². The molecule has 2 nitrogen and oxygen atoms in total. The summed E-state index contributed by atoms with van der Waals surface area (Å²) in [5.41, 5.74) is 12.1. The molecule has 3 heteroatoms. The summed E-state index contributed by atoms with van der Waals surface area (Å²) in [4.78, 5) is 2.46. The molecule has 0 unspecified atom stereocenters. The third-order valence-electron chi connectivity index (χ3n) is 10.8. The van der Waals surface area contributed by atoms with Crippen molar-refractivity contribution in [1.29, 1.82) is 0 Å². The maximum Gasteiger partial charge on any atom is 0.136 e. The van der Waals surface area contributed by atoms with E-state index in [-0.39, 0.29) is 0 Å². The second-order valence-corrected chi connectivity index (χ2v) is 15.1. The van der Waals surface area contributed by atoms with Crippen LogP contribution in [0.5, 0.6) is 0 Å². The van der Waals surface area contributed by atoms with Crippen LogP contribution in [-0.4, -0.2) is 0 Å². The van der Waals surface area contributed by atoms with Gasteiger partial charge in [0.2, 0.25) is 0 Å². The molecule has 0 bridgehead atoms. The Morgan fingerprint density at radius 3 is 1.87 bits per heavy atom. The van der Waals surface area contributed by atoms with Crippen molar-refractivity contribution in [2.45, 2.75) is 0 Å². The van der Waals surface area contributed by atoms with Crippen LogP contribution >= 0.6 is 11.3 Å². The Labute approximate surface area is 322 Å². The molecule has 2 aromatic heterocycles. The Morgan fingerprint density at radius 2 is 1.00 bits per heavy atom. The van der Waals surface area contributed by atoms with E-state index >= 15 is 0 Å². The van der Waals surface area contributed by atoms with Crippen LogP contribution in [-0.2, 0) is 0 Å². The van der Waals surface area contributed by atoms with Gasteiger partial charge in [-0.25, -0.2) is 0 Å². The van der Waals surface area contributed by atoms with Crippen molar-refractivity contribution >= 4 is 81.3 Å². The van der Waals surface area contributed by atoms with Crippen LogP contribution in [0, 0.1) is 0 Å². The second kappa shape index (κ2) is 12.9. The molecule has 0 amide bonds. The minimum atomic E-state index is 0.888. The smallest absolute Gasteiger partial charge is 0.136 e. The molecule has 0 radical (unpaired) electrons. The highest BCUT2D eigenvalue weighted by atomic mass is 32.1. The van der Waals surface area contributed by atoms with Crippen molar-refractivity contribution in [3.05, 3.63) is 200 Å². The maximum atomic E-state index is 6.42. The summed E-state index contributed by atoms with van der Waals surface area (Å²) in [5.74, 6) is 0. The average Bonchev–Trinajstić information content (AvgIpc) is 3.83. The van der Waals surface area contributed by atoms with Gasteiger partial charge in [-0.3, -0.25) is 0 Å². The van der Waals surface area contributed by atoms with E-state index in [0.717, 1.165) is 55.7 Å². The van der Waals surface area contributed by atoms with E-state index in [4.69, 9.17) is 4.42 Å². The molecule has 0 saturated heterocycles. The molecular weight excluding hydrogens is 687 g/mol. The normalized spacial score (nSPS) is 11.6. The van der Waals surface area contributed by atoms with E-state index in [2.05, 4.69) is 199 Å². The topological polar surface area (TPSA) is 16.4 Å². The Morgan fingerprint density at radius 1 is 0.382 bits per heavy atom. The summed E-state index contributed by atoms with van der Waals surface area (Å²) in [6, 6.07) is 72.3. The first kappa shape index (κ1) is 31.6. The number of thiophene rings is 1. The van der Waals surface area contributed by atoms with Gasteiger partial charge in [-0.2, -0.15) is 0 Å². The van der Waals surface area contributed by atoms with Crippen molar-refractivity contribution in [3.8, 4) is 33.4 Å². The maximum absolute atomic E-state index is 6.42. The van der Waals surface area contributed by atoms with Crippen LogP contribution in [0.4, 0.5) is 17.1 Å². The molecule has 0 atom stereocenters. The molecule has 11 aromatic rings. The largest absolute Gasteiger partial charge is 0.456 e. The van der Waals surface area contributed by atoms with Crippen LogP contribution in [0.25, 0.3) is 86.3 Å². The van der Waals surface area contributed by atoms with Gasteiger partial charge in [-0.1, -0.05) is 146 Å². The predicted molar refractivity (Wildman–Crippen MR) is 235 cm³/mol. The number of furan rings is 1. The molecule has 0 spiro atoms. The average molecular weight is 720 g/mol. The van der Waals surface area contributed by atoms with Gasteiger partial charge in [0, 0.05) is 37.6 Å². The summed E-state index contributed by atoms with van der Waals surface area (Å²) in [5, 5.41) is 7.25. The van der Waals surface area contributed by atoms with Gasteiger partial charge >= 0.3 is 0 Å². The molecule has 258 valence electrons. The molecule has 0 saturated carbocycles. The minimum Gasteiger partial charge on any atom is -0.456 e. The van der Waals surface area contributed by atoms with Crippen molar-refractivity contribution in [3.63, 3.8) is 0 Å². The highest BCUT2D eigenvalue weighted by molar-refractivity contribution is 7.26. The van der Waals surface area contributed by atoms with Crippen molar-refractivity contribution < 1.29 is 4.42 Å². The Balaban J connectivity index is 1.21. The molecule has 0 aliphatic heterocycles. The van der Waals surface area contributed by atoms with E-state index in [1.54, 1.807) is 0 Å². The number of nitrogens with zero attached hydrogens (tertiary/aromatic N) is 1. The van der Waals surface area contributed by atoms with Gasteiger partial charge in [-0.15, -0.1) is 11.3 Å². The fourth-order valence-corrected chi connectivity index (χ4v) is 9.52.